The van der Waals surface area contributed by atoms with E-state index in [2.05, 4.69) is 27.8 Å². The number of nitrogens with zero attached hydrogens (tertiary/aromatic N) is 1. The maximum atomic E-state index is 14.7. The number of anilines is 2. The molecule has 2 unspecified atom stereocenters. The fraction of sp³-hybridized carbons (Fsp3) is 0.414. The lowest BCUT2D eigenvalue weighted by molar-refractivity contribution is -0.126. The molecule has 0 aliphatic carbocycles. The zero-order valence-electron chi connectivity index (χ0n) is 22.8. The maximum Gasteiger partial charge on any atom is 0.393 e. The lowest BCUT2D eigenvalue weighted by Gasteiger charge is -2.33. The van der Waals surface area contributed by atoms with Gasteiger partial charge >= 0.3 is 6.18 Å². The molecule has 1 aromatic heterocycles. The summed E-state index contributed by atoms with van der Waals surface area (Å²) in [7, 11) is 3.22. The lowest BCUT2D eigenvalue weighted by Crippen LogP contribution is -2.46. The minimum absolute atomic E-state index is 0.0275. The number of likely N-dealkylation sites (tertiary alicyclic amines) is 1. The zero-order valence-corrected chi connectivity index (χ0v) is 23.7. The molecule has 41 heavy (non-hydrogen) atoms. The van der Waals surface area contributed by atoms with Crippen molar-refractivity contribution in [1.82, 2.24) is 10.2 Å². The summed E-state index contributed by atoms with van der Waals surface area (Å²) >= 11 is 1.12. The molecular weight excluding hydrogens is 563 g/mol. The number of rotatable bonds is 8. The predicted molar refractivity (Wildman–Crippen MR) is 152 cm³/mol. The Morgan fingerprint density at radius 2 is 2.02 bits per heavy atom. The van der Waals surface area contributed by atoms with Gasteiger partial charge in [-0.05, 0) is 43.5 Å². The number of benzene rings is 2. The Bertz CT molecular complexity index is 1460. The van der Waals surface area contributed by atoms with Crippen molar-refractivity contribution in [2.45, 2.75) is 38.2 Å². The Labute approximate surface area is 239 Å². The number of methoxy groups -OCH3 is 1. The minimum Gasteiger partial charge on any atom is -0.495 e. The number of hydrogen-bond donors (Lipinski definition) is 3. The molecule has 1 fully saturated rings. The van der Waals surface area contributed by atoms with Crippen LogP contribution in [0.25, 0.3) is 10.1 Å². The molecule has 2 heterocycles. The number of amides is 1. The highest BCUT2D eigenvalue weighted by molar-refractivity contribution is 7.20. The van der Waals surface area contributed by atoms with Crippen LogP contribution in [0.15, 0.2) is 30.3 Å². The van der Waals surface area contributed by atoms with Gasteiger partial charge in [0.15, 0.2) is 0 Å². The van der Waals surface area contributed by atoms with Gasteiger partial charge in [-0.1, -0.05) is 24.0 Å². The molecule has 3 N–H and O–H groups in total. The van der Waals surface area contributed by atoms with Crippen LogP contribution in [0.5, 0.6) is 5.75 Å². The SMILES string of the molecule is CCNC(=O)c1cc(OC)c(NCC#Cc2sc3c(NC4CCN(C)CC4F)cccc3c2CC(F)(F)F)cc1F. The number of carbonyl (C=O) groups is 1. The second-order valence-corrected chi connectivity index (χ2v) is 10.8. The first-order valence-corrected chi connectivity index (χ1v) is 13.9. The number of hydrogen-bond acceptors (Lipinski definition) is 6. The third-order valence-electron chi connectivity index (χ3n) is 6.72. The summed E-state index contributed by atoms with van der Waals surface area (Å²) < 4.78 is 75.8. The van der Waals surface area contributed by atoms with Gasteiger partial charge in [0.05, 0.1) is 52.6 Å². The molecule has 1 aliphatic rings. The summed E-state index contributed by atoms with van der Waals surface area (Å²) in [6, 6.07) is 6.95. The van der Waals surface area contributed by atoms with Crippen molar-refractivity contribution in [2.75, 3.05) is 51.0 Å². The number of fused-ring (bicyclic) bond motifs is 1. The molecule has 220 valence electrons. The Morgan fingerprint density at radius 3 is 2.71 bits per heavy atom. The van der Waals surface area contributed by atoms with Crippen LogP contribution in [0.1, 0.15) is 34.1 Å². The molecule has 6 nitrogen and oxygen atoms in total. The number of halogens is 5. The predicted octanol–water partition coefficient (Wildman–Crippen LogP) is 5.82. The van der Waals surface area contributed by atoms with Crippen molar-refractivity contribution >= 4 is 38.7 Å². The molecule has 0 radical (unpaired) electrons. The smallest absolute Gasteiger partial charge is 0.393 e. The number of alkyl halides is 4. The average molecular weight is 595 g/mol. The third kappa shape index (κ3) is 7.40. The number of piperidine rings is 1. The van der Waals surface area contributed by atoms with Crippen LogP contribution in [0.3, 0.4) is 0 Å². The monoisotopic (exact) mass is 594 g/mol. The zero-order chi connectivity index (χ0) is 29.7. The molecule has 2 aromatic carbocycles. The van der Waals surface area contributed by atoms with E-state index >= 15 is 0 Å². The molecule has 0 spiro atoms. The van der Waals surface area contributed by atoms with Crippen molar-refractivity contribution < 1.29 is 31.5 Å². The van der Waals surface area contributed by atoms with Gasteiger partial charge in [0.1, 0.15) is 17.7 Å². The van der Waals surface area contributed by atoms with Crippen LogP contribution in [0.2, 0.25) is 0 Å². The van der Waals surface area contributed by atoms with E-state index in [1.54, 1.807) is 25.1 Å². The van der Waals surface area contributed by atoms with Crippen molar-refractivity contribution in [3.8, 4) is 17.6 Å². The Balaban J connectivity index is 1.60. The second-order valence-electron chi connectivity index (χ2n) is 9.75. The summed E-state index contributed by atoms with van der Waals surface area (Å²) in [5, 5.41) is 9.06. The molecule has 0 bridgehead atoms. The standard InChI is InChI=1S/C29H31F5N4O2S/c1-4-35-28(39)18-13-25(40-3)24(14-20(18)30)36-11-6-9-26-19(15-29(32,33)34)17-7-5-8-23(27(17)41-26)37-22-10-12-38(2)16-21(22)31/h5,7-8,13-14,21-22,36-37H,4,10-12,15-16H2,1-3H3,(H,35,39). The largest absolute Gasteiger partial charge is 0.495 e. The molecule has 2 atom stereocenters. The van der Waals surface area contributed by atoms with Gasteiger partial charge in [-0.3, -0.25) is 4.79 Å². The van der Waals surface area contributed by atoms with Gasteiger partial charge in [-0.2, -0.15) is 13.2 Å². The summed E-state index contributed by atoms with van der Waals surface area (Å²) in [6.45, 7) is 3.01. The highest BCUT2D eigenvalue weighted by Gasteiger charge is 2.32. The van der Waals surface area contributed by atoms with E-state index in [9.17, 15) is 26.7 Å². The number of thiophene rings is 1. The van der Waals surface area contributed by atoms with Crippen LogP contribution >= 0.6 is 11.3 Å². The number of nitrogens with one attached hydrogen (secondary N) is 3. The van der Waals surface area contributed by atoms with Gasteiger partial charge < -0.3 is 25.6 Å². The first-order valence-electron chi connectivity index (χ1n) is 13.1. The van der Waals surface area contributed by atoms with E-state index < -0.39 is 36.5 Å². The maximum absolute atomic E-state index is 14.7. The van der Waals surface area contributed by atoms with E-state index in [4.69, 9.17) is 4.74 Å². The third-order valence-corrected chi connectivity index (χ3v) is 7.92. The molecule has 1 amide bonds. The van der Waals surface area contributed by atoms with E-state index in [1.807, 2.05) is 11.9 Å². The lowest BCUT2D eigenvalue weighted by atomic mass is 10.0. The normalized spacial score (nSPS) is 17.6. The van der Waals surface area contributed by atoms with Gasteiger partial charge in [-0.15, -0.1) is 11.3 Å². The van der Waals surface area contributed by atoms with E-state index in [1.165, 1.54) is 13.2 Å². The van der Waals surface area contributed by atoms with Gasteiger partial charge in [0, 0.05) is 25.7 Å². The molecule has 3 aromatic rings. The highest BCUT2D eigenvalue weighted by Crippen LogP contribution is 2.39. The summed E-state index contributed by atoms with van der Waals surface area (Å²) in [4.78, 5) is 14.2. The van der Waals surface area contributed by atoms with Crippen LogP contribution in [-0.2, 0) is 6.42 Å². The molecule has 1 aliphatic heterocycles. The Kier molecular flexibility index (Phi) is 9.60. The van der Waals surface area contributed by atoms with Crippen LogP contribution in [0, 0.1) is 17.7 Å². The minimum atomic E-state index is -4.46. The molecular formula is C29H31F5N4O2S. The number of ether oxygens (including phenoxy) is 1. The number of carbonyl (C=O) groups excluding carboxylic acids is 1. The van der Waals surface area contributed by atoms with Gasteiger partial charge in [0.25, 0.3) is 5.91 Å². The molecule has 12 heteroatoms. The van der Waals surface area contributed by atoms with Crippen molar-refractivity contribution in [3.05, 3.63) is 52.2 Å². The second kappa shape index (κ2) is 13.0. The van der Waals surface area contributed by atoms with Gasteiger partial charge in [-0.25, -0.2) is 8.78 Å². The van der Waals surface area contributed by atoms with Crippen molar-refractivity contribution in [1.29, 1.82) is 0 Å². The fourth-order valence-corrected chi connectivity index (χ4v) is 5.90. The van der Waals surface area contributed by atoms with Crippen molar-refractivity contribution in [2.24, 2.45) is 0 Å². The summed E-state index contributed by atoms with van der Waals surface area (Å²) in [6.07, 6.45) is -6.16. The van der Waals surface area contributed by atoms with Crippen LogP contribution < -0.4 is 20.7 Å². The first-order chi connectivity index (χ1) is 19.5. The first kappa shape index (κ1) is 30.4. The highest BCUT2D eigenvalue weighted by atomic mass is 32.1. The molecule has 4 rings (SSSR count). The van der Waals surface area contributed by atoms with Gasteiger partial charge in [0.2, 0.25) is 0 Å². The topological polar surface area (TPSA) is 65.6 Å². The van der Waals surface area contributed by atoms with Crippen LogP contribution in [0.4, 0.5) is 33.3 Å². The molecule has 1 saturated heterocycles. The quantitative estimate of drug-likeness (QED) is 0.227. The van der Waals surface area contributed by atoms with E-state index in [0.717, 1.165) is 17.4 Å². The van der Waals surface area contributed by atoms with E-state index in [-0.39, 0.29) is 40.5 Å². The fourth-order valence-electron chi connectivity index (χ4n) is 4.73. The average Bonchev–Trinajstić information content (AvgIpc) is 3.25. The Morgan fingerprint density at radius 1 is 1.24 bits per heavy atom. The van der Waals surface area contributed by atoms with Crippen LogP contribution in [-0.4, -0.2) is 69.5 Å². The Hall–Kier alpha value is -3.56. The summed E-state index contributed by atoms with van der Waals surface area (Å²) in [5.74, 6) is 4.53. The van der Waals surface area contributed by atoms with E-state index in [0.29, 0.717) is 35.3 Å². The molecule has 0 saturated carbocycles. The summed E-state index contributed by atoms with van der Waals surface area (Å²) in [5.41, 5.74) is 0.700. The van der Waals surface area contributed by atoms with Crippen molar-refractivity contribution in [3.63, 3.8) is 0 Å².